The Bertz CT molecular complexity index is 706. The van der Waals surface area contributed by atoms with Crippen LogP contribution in [0.3, 0.4) is 0 Å². The summed E-state index contributed by atoms with van der Waals surface area (Å²) in [6.07, 6.45) is 3.31. The number of carbonyl (C=O) groups is 3. The highest BCUT2D eigenvalue weighted by Gasteiger charge is 2.55. The van der Waals surface area contributed by atoms with Crippen molar-refractivity contribution >= 4 is 29.4 Å². The lowest BCUT2D eigenvalue weighted by molar-refractivity contribution is -0.149. The number of rotatable bonds is 6. The maximum atomic E-state index is 12.4. The van der Waals surface area contributed by atoms with E-state index in [1.54, 1.807) is 29.2 Å². The summed E-state index contributed by atoms with van der Waals surface area (Å²) in [5.74, 6) is -0.922. The van der Waals surface area contributed by atoms with Crippen molar-refractivity contribution in [1.29, 1.82) is 0 Å². The fourth-order valence-corrected chi connectivity index (χ4v) is 4.26. The van der Waals surface area contributed by atoms with Gasteiger partial charge in [0.15, 0.2) is 0 Å². The lowest BCUT2D eigenvalue weighted by atomic mass is 9.81. The summed E-state index contributed by atoms with van der Waals surface area (Å²) in [5, 5.41) is 12.9. The number of benzene rings is 1. The molecule has 1 saturated heterocycles. The number of carboxylic acid groups (broad SMARTS) is 1. The zero-order chi connectivity index (χ0) is 18.7. The first-order valence-corrected chi connectivity index (χ1v) is 9.35. The number of hydrogen-bond donors (Lipinski definition) is 2. The SMILES string of the molecule is O=C(NCCCC(=O)N1C[C@@H]2CCC[C@@]2(C(=O)O)C1)c1ccc(Cl)cc1. The number of likely N-dealkylation sites (tertiary alicyclic amines) is 1. The summed E-state index contributed by atoms with van der Waals surface area (Å²) >= 11 is 5.79. The Morgan fingerprint density at radius 3 is 2.65 bits per heavy atom. The Morgan fingerprint density at radius 1 is 1.27 bits per heavy atom. The van der Waals surface area contributed by atoms with Crippen LogP contribution in [0.4, 0.5) is 0 Å². The average Bonchev–Trinajstić information content (AvgIpc) is 3.17. The van der Waals surface area contributed by atoms with Crippen molar-refractivity contribution in [3.63, 3.8) is 0 Å². The third-order valence-electron chi connectivity index (χ3n) is 5.61. The number of aliphatic carboxylic acids is 1. The number of halogens is 1. The number of carboxylic acids is 1. The van der Waals surface area contributed by atoms with Crippen LogP contribution in [0, 0.1) is 11.3 Å². The van der Waals surface area contributed by atoms with Gasteiger partial charge in [-0.25, -0.2) is 0 Å². The topological polar surface area (TPSA) is 86.7 Å². The van der Waals surface area contributed by atoms with Crippen LogP contribution in [0.2, 0.25) is 5.02 Å². The van der Waals surface area contributed by atoms with E-state index >= 15 is 0 Å². The van der Waals surface area contributed by atoms with Crippen molar-refractivity contribution < 1.29 is 19.5 Å². The Balaban J connectivity index is 1.43. The molecule has 3 rings (SSSR count). The number of nitrogens with one attached hydrogen (secondary N) is 1. The lowest BCUT2D eigenvalue weighted by Crippen LogP contribution is -2.37. The van der Waals surface area contributed by atoms with Gasteiger partial charge in [0.2, 0.25) is 5.91 Å². The Morgan fingerprint density at radius 2 is 2.00 bits per heavy atom. The van der Waals surface area contributed by atoms with Crippen LogP contribution in [0.15, 0.2) is 24.3 Å². The molecule has 1 aliphatic carbocycles. The maximum absolute atomic E-state index is 12.4. The number of fused-ring (bicyclic) bond motifs is 1. The van der Waals surface area contributed by atoms with Crippen molar-refractivity contribution in [3.05, 3.63) is 34.9 Å². The molecular weight excluding hydrogens is 356 g/mol. The van der Waals surface area contributed by atoms with Gasteiger partial charge in [-0.2, -0.15) is 0 Å². The molecule has 1 aromatic rings. The quantitative estimate of drug-likeness (QED) is 0.745. The van der Waals surface area contributed by atoms with Gasteiger partial charge >= 0.3 is 5.97 Å². The summed E-state index contributed by atoms with van der Waals surface area (Å²) in [6, 6.07) is 6.61. The van der Waals surface area contributed by atoms with Crippen molar-refractivity contribution in [2.24, 2.45) is 11.3 Å². The van der Waals surface area contributed by atoms with Gasteiger partial charge in [0.25, 0.3) is 5.91 Å². The predicted octanol–water partition coefficient (Wildman–Crippen LogP) is 2.56. The van der Waals surface area contributed by atoms with Gasteiger partial charge in [-0.1, -0.05) is 18.0 Å². The van der Waals surface area contributed by atoms with E-state index in [9.17, 15) is 19.5 Å². The zero-order valence-corrected chi connectivity index (χ0v) is 15.3. The molecule has 2 fully saturated rings. The molecule has 1 saturated carbocycles. The summed E-state index contributed by atoms with van der Waals surface area (Å²) < 4.78 is 0. The Kier molecular flexibility index (Phi) is 5.51. The third kappa shape index (κ3) is 3.70. The largest absolute Gasteiger partial charge is 0.481 e. The highest BCUT2D eigenvalue weighted by molar-refractivity contribution is 6.30. The van der Waals surface area contributed by atoms with Gasteiger partial charge < -0.3 is 15.3 Å². The minimum absolute atomic E-state index is 0.0271. The van der Waals surface area contributed by atoms with Crippen LogP contribution in [0.25, 0.3) is 0 Å². The monoisotopic (exact) mass is 378 g/mol. The molecule has 2 atom stereocenters. The van der Waals surface area contributed by atoms with E-state index in [2.05, 4.69) is 5.32 Å². The van der Waals surface area contributed by atoms with Crippen molar-refractivity contribution in [1.82, 2.24) is 10.2 Å². The number of carbonyl (C=O) groups excluding carboxylic acids is 2. The number of amides is 2. The summed E-state index contributed by atoms with van der Waals surface area (Å²) in [7, 11) is 0. The van der Waals surface area contributed by atoms with Crippen LogP contribution >= 0.6 is 11.6 Å². The predicted molar refractivity (Wildman–Crippen MR) is 97.0 cm³/mol. The molecule has 26 heavy (non-hydrogen) atoms. The molecule has 0 spiro atoms. The van der Waals surface area contributed by atoms with Gasteiger partial charge in [-0.3, -0.25) is 14.4 Å². The molecular formula is C19H23ClN2O4. The molecule has 0 aromatic heterocycles. The maximum Gasteiger partial charge on any atom is 0.311 e. The first-order valence-electron chi connectivity index (χ1n) is 8.97. The van der Waals surface area contributed by atoms with Gasteiger partial charge in [-0.15, -0.1) is 0 Å². The third-order valence-corrected chi connectivity index (χ3v) is 5.86. The van der Waals surface area contributed by atoms with Gasteiger partial charge in [-0.05, 0) is 49.4 Å². The molecule has 0 bridgehead atoms. The van der Waals surface area contributed by atoms with E-state index in [0.717, 1.165) is 12.8 Å². The smallest absolute Gasteiger partial charge is 0.311 e. The molecule has 1 heterocycles. The molecule has 1 aromatic carbocycles. The van der Waals surface area contributed by atoms with Crippen LogP contribution < -0.4 is 5.32 Å². The molecule has 2 N–H and O–H groups in total. The summed E-state index contributed by atoms with van der Waals surface area (Å²) in [5.41, 5.74) is -0.213. The second-order valence-electron chi connectivity index (χ2n) is 7.19. The van der Waals surface area contributed by atoms with Crippen LogP contribution in [-0.4, -0.2) is 47.4 Å². The van der Waals surface area contributed by atoms with Crippen molar-refractivity contribution in [2.75, 3.05) is 19.6 Å². The van der Waals surface area contributed by atoms with Crippen LogP contribution in [0.5, 0.6) is 0 Å². The van der Waals surface area contributed by atoms with E-state index in [-0.39, 0.29) is 17.7 Å². The van der Waals surface area contributed by atoms with E-state index in [0.29, 0.717) is 49.5 Å². The summed E-state index contributed by atoms with van der Waals surface area (Å²) in [4.78, 5) is 37.8. The second kappa shape index (κ2) is 7.66. The van der Waals surface area contributed by atoms with Crippen molar-refractivity contribution in [2.45, 2.75) is 32.1 Å². The fraction of sp³-hybridized carbons (Fsp3) is 0.526. The molecule has 140 valence electrons. The van der Waals surface area contributed by atoms with Gasteiger partial charge in [0, 0.05) is 36.6 Å². The van der Waals surface area contributed by atoms with E-state index in [1.807, 2.05) is 0 Å². The molecule has 0 radical (unpaired) electrons. The highest BCUT2D eigenvalue weighted by atomic mass is 35.5. The molecule has 2 amide bonds. The summed E-state index contributed by atoms with van der Waals surface area (Å²) in [6.45, 7) is 1.26. The molecule has 6 nitrogen and oxygen atoms in total. The normalized spacial score (nSPS) is 24.3. The minimum Gasteiger partial charge on any atom is -0.481 e. The van der Waals surface area contributed by atoms with Crippen LogP contribution in [-0.2, 0) is 9.59 Å². The molecule has 7 heteroatoms. The Hall–Kier alpha value is -2.08. The standard InChI is InChI=1S/C19H23ClN2O4/c20-15-7-5-13(6-8-15)17(24)21-10-2-4-16(23)22-11-14-3-1-9-19(14,12-22)18(25)26/h5-8,14H,1-4,9-12H2,(H,21,24)(H,25,26)/t14-,19+/m0/s1. The van der Waals surface area contributed by atoms with Crippen LogP contribution in [0.1, 0.15) is 42.5 Å². The number of hydrogen-bond acceptors (Lipinski definition) is 3. The fourth-order valence-electron chi connectivity index (χ4n) is 4.13. The highest BCUT2D eigenvalue weighted by Crippen LogP contribution is 2.48. The van der Waals surface area contributed by atoms with Gasteiger partial charge in [0.05, 0.1) is 5.41 Å². The first kappa shape index (κ1) is 18.7. The second-order valence-corrected chi connectivity index (χ2v) is 7.63. The molecule has 1 aliphatic heterocycles. The first-order chi connectivity index (χ1) is 12.4. The van der Waals surface area contributed by atoms with E-state index in [1.165, 1.54) is 0 Å². The zero-order valence-electron chi connectivity index (χ0n) is 14.5. The average molecular weight is 379 g/mol. The molecule has 0 unspecified atom stereocenters. The van der Waals surface area contributed by atoms with Gasteiger partial charge in [0.1, 0.15) is 0 Å². The van der Waals surface area contributed by atoms with E-state index in [4.69, 9.17) is 11.6 Å². The number of nitrogens with zero attached hydrogens (tertiary/aromatic N) is 1. The van der Waals surface area contributed by atoms with Crippen molar-refractivity contribution in [3.8, 4) is 0 Å². The van der Waals surface area contributed by atoms with E-state index < -0.39 is 11.4 Å². The lowest BCUT2D eigenvalue weighted by Gasteiger charge is -2.23. The molecule has 2 aliphatic rings. The minimum atomic E-state index is -0.773. The Labute approximate surface area is 157 Å².